The van der Waals surface area contributed by atoms with Gasteiger partial charge in [-0.25, -0.2) is 14.1 Å². The number of hydrogen-bond donors (Lipinski definition) is 0. The fraction of sp³-hybridized carbons (Fsp3) is 0.150. The van der Waals surface area contributed by atoms with E-state index in [2.05, 4.69) is 26.0 Å². The molecule has 0 N–H and O–H groups in total. The number of halogens is 2. The molecule has 1 amide bonds. The van der Waals surface area contributed by atoms with Gasteiger partial charge in [0.15, 0.2) is 0 Å². The van der Waals surface area contributed by atoms with E-state index in [-0.39, 0.29) is 17.8 Å². The Kier molecular flexibility index (Phi) is 5.81. The van der Waals surface area contributed by atoms with Crippen molar-refractivity contribution in [2.75, 3.05) is 7.05 Å². The van der Waals surface area contributed by atoms with Crippen molar-refractivity contribution in [2.24, 2.45) is 0 Å². The Morgan fingerprint density at radius 3 is 2.67 bits per heavy atom. The number of nitrogens with zero attached hydrogens (tertiary/aromatic N) is 4. The lowest BCUT2D eigenvalue weighted by Gasteiger charge is -2.24. The minimum absolute atomic E-state index is 0.140. The Balaban J connectivity index is 1.70. The summed E-state index contributed by atoms with van der Waals surface area (Å²) in [4.78, 5) is 18.0. The lowest BCUT2D eigenvalue weighted by atomic mass is 10.1. The molecular formula is C20H18BrFN4O. The van der Waals surface area contributed by atoms with Gasteiger partial charge in [0.25, 0.3) is 0 Å². The van der Waals surface area contributed by atoms with Crippen LogP contribution in [0.3, 0.4) is 0 Å². The molecule has 0 spiro atoms. The third-order valence-corrected chi connectivity index (χ3v) is 4.84. The van der Waals surface area contributed by atoms with Crippen molar-refractivity contribution in [1.82, 2.24) is 19.7 Å². The van der Waals surface area contributed by atoms with Crippen LogP contribution < -0.4 is 0 Å². The summed E-state index contributed by atoms with van der Waals surface area (Å²) < 4.78 is 16.2. The largest absolute Gasteiger partial charge is 0.335 e. The first-order valence-corrected chi connectivity index (χ1v) is 9.10. The Labute approximate surface area is 165 Å². The predicted molar refractivity (Wildman–Crippen MR) is 106 cm³/mol. The van der Waals surface area contributed by atoms with E-state index in [1.807, 2.05) is 31.2 Å². The summed E-state index contributed by atoms with van der Waals surface area (Å²) in [7, 11) is 1.72. The summed E-state index contributed by atoms with van der Waals surface area (Å²) in [6, 6.07) is 12.2. The van der Waals surface area contributed by atoms with Crippen LogP contribution in [-0.2, 0) is 4.79 Å². The Morgan fingerprint density at radius 2 is 2.00 bits per heavy atom. The van der Waals surface area contributed by atoms with Crippen molar-refractivity contribution in [3.63, 3.8) is 0 Å². The van der Waals surface area contributed by atoms with Crippen molar-refractivity contribution in [1.29, 1.82) is 0 Å². The Bertz CT molecular complexity index is 955. The Morgan fingerprint density at radius 1 is 1.26 bits per heavy atom. The van der Waals surface area contributed by atoms with Gasteiger partial charge in [0.05, 0.1) is 11.7 Å². The monoisotopic (exact) mass is 428 g/mol. The van der Waals surface area contributed by atoms with E-state index in [9.17, 15) is 9.18 Å². The SMILES string of the molecule is C[C@@H](c1ccc(-n2cncn2)cc1)N(C)C(=O)/C=C/c1cc(Br)ccc1F. The minimum atomic E-state index is -0.373. The highest BCUT2D eigenvalue weighted by atomic mass is 79.9. The van der Waals surface area contributed by atoms with Crippen molar-refractivity contribution >= 4 is 27.9 Å². The summed E-state index contributed by atoms with van der Waals surface area (Å²) in [5, 5.41) is 4.09. The van der Waals surface area contributed by atoms with Gasteiger partial charge in [-0.05, 0) is 48.9 Å². The number of amides is 1. The number of likely N-dealkylation sites (N-methyl/N-ethyl adjacent to an activating group) is 1. The van der Waals surface area contributed by atoms with Crippen LogP contribution in [-0.4, -0.2) is 32.6 Å². The van der Waals surface area contributed by atoms with Crippen molar-refractivity contribution < 1.29 is 9.18 Å². The van der Waals surface area contributed by atoms with Gasteiger partial charge < -0.3 is 4.90 Å². The molecule has 0 saturated heterocycles. The molecule has 1 heterocycles. The van der Waals surface area contributed by atoms with Crippen LogP contribution in [0.25, 0.3) is 11.8 Å². The standard InChI is InChI=1S/C20H18BrFN4O/c1-14(15-3-7-18(8-4-15)26-13-23-12-24-26)25(2)20(27)10-5-16-11-17(21)6-9-19(16)22/h3-14H,1-2H3/b10-5+/t14-/m0/s1. The van der Waals surface area contributed by atoms with Gasteiger partial charge in [0.1, 0.15) is 18.5 Å². The zero-order chi connectivity index (χ0) is 19.4. The van der Waals surface area contributed by atoms with Gasteiger partial charge >= 0.3 is 0 Å². The first-order chi connectivity index (χ1) is 13.0. The van der Waals surface area contributed by atoms with E-state index < -0.39 is 0 Å². The fourth-order valence-corrected chi connectivity index (χ4v) is 2.96. The second kappa shape index (κ2) is 8.26. The van der Waals surface area contributed by atoms with Crippen LogP contribution in [0, 0.1) is 5.82 Å². The highest BCUT2D eigenvalue weighted by Gasteiger charge is 2.15. The molecule has 0 fully saturated rings. The molecule has 5 nitrogen and oxygen atoms in total. The van der Waals surface area contributed by atoms with Crippen molar-refractivity contribution in [3.05, 3.63) is 82.6 Å². The summed E-state index contributed by atoms with van der Waals surface area (Å²) in [6.45, 7) is 1.94. The quantitative estimate of drug-likeness (QED) is 0.565. The van der Waals surface area contributed by atoms with Crippen molar-refractivity contribution in [2.45, 2.75) is 13.0 Å². The normalized spacial score (nSPS) is 12.3. The third-order valence-electron chi connectivity index (χ3n) is 4.35. The van der Waals surface area contributed by atoms with E-state index in [4.69, 9.17) is 0 Å². The second-order valence-corrected chi connectivity index (χ2v) is 6.97. The molecule has 1 atom stereocenters. The molecule has 27 heavy (non-hydrogen) atoms. The molecule has 0 aliphatic carbocycles. The summed E-state index contributed by atoms with van der Waals surface area (Å²) in [6.07, 6.45) is 5.97. The third kappa shape index (κ3) is 4.49. The van der Waals surface area contributed by atoms with Crippen LogP contribution >= 0.6 is 15.9 Å². The molecule has 2 aromatic carbocycles. The molecule has 0 aliphatic heterocycles. The Hall–Kier alpha value is -2.80. The molecule has 1 aromatic heterocycles. The molecule has 3 aromatic rings. The fourth-order valence-electron chi connectivity index (χ4n) is 2.58. The first-order valence-electron chi connectivity index (χ1n) is 8.30. The maximum atomic E-state index is 13.8. The number of rotatable bonds is 5. The van der Waals surface area contributed by atoms with Gasteiger partial charge in [-0.15, -0.1) is 0 Å². The van der Waals surface area contributed by atoms with E-state index in [1.165, 1.54) is 24.5 Å². The van der Waals surface area contributed by atoms with Crippen LogP contribution in [0.4, 0.5) is 4.39 Å². The van der Waals surface area contributed by atoms with Crippen molar-refractivity contribution in [3.8, 4) is 5.69 Å². The molecule has 3 rings (SSSR count). The summed E-state index contributed by atoms with van der Waals surface area (Å²) in [5.74, 6) is -0.580. The average molecular weight is 429 g/mol. The minimum Gasteiger partial charge on any atom is -0.335 e. The van der Waals surface area contributed by atoms with Crippen LogP contribution in [0.15, 0.2) is 65.7 Å². The number of hydrogen-bond acceptors (Lipinski definition) is 3. The number of carbonyl (C=O) groups excluding carboxylic acids is 1. The molecule has 138 valence electrons. The van der Waals surface area contributed by atoms with E-state index in [0.717, 1.165) is 15.7 Å². The number of benzene rings is 2. The topological polar surface area (TPSA) is 51.0 Å². The second-order valence-electron chi connectivity index (χ2n) is 6.06. The van der Waals surface area contributed by atoms with Crippen LogP contribution in [0.2, 0.25) is 0 Å². The molecular weight excluding hydrogens is 411 g/mol. The van der Waals surface area contributed by atoms with Gasteiger partial charge in [-0.3, -0.25) is 4.79 Å². The summed E-state index contributed by atoms with van der Waals surface area (Å²) >= 11 is 3.30. The first kappa shape index (κ1) is 19.0. The van der Waals surface area contributed by atoms with Gasteiger partial charge in [-0.1, -0.05) is 28.1 Å². The highest BCUT2D eigenvalue weighted by molar-refractivity contribution is 9.10. The molecule has 0 unspecified atom stereocenters. The maximum absolute atomic E-state index is 13.8. The zero-order valence-electron chi connectivity index (χ0n) is 14.9. The predicted octanol–water partition coefficient (Wildman–Crippen LogP) is 4.40. The van der Waals surface area contributed by atoms with E-state index >= 15 is 0 Å². The van der Waals surface area contributed by atoms with Gasteiger partial charge in [0.2, 0.25) is 5.91 Å². The smallest absolute Gasteiger partial charge is 0.246 e. The molecule has 0 radical (unpaired) electrons. The van der Waals surface area contributed by atoms with Gasteiger partial charge in [-0.2, -0.15) is 5.10 Å². The van der Waals surface area contributed by atoms with Crippen LogP contribution in [0.5, 0.6) is 0 Å². The molecule has 0 bridgehead atoms. The maximum Gasteiger partial charge on any atom is 0.246 e. The van der Waals surface area contributed by atoms with E-state index in [0.29, 0.717) is 5.56 Å². The molecule has 0 saturated carbocycles. The number of carbonyl (C=O) groups is 1. The zero-order valence-corrected chi connectivity index (χ0v) is 16.5. The lowest BCUT2D eigenvalue weighted by Crippen LogP contribution is -2.28. The lowest BCUT2D eigenvalue weighted by molar-refractivity contribution is -0.126. The molecule has 7 heteroatoms. The summed E-state index contributed by atoms with van der Waals surface area (Å²) in [5.41, 5.74) is 2.23. The van der Waals surface area contributed by atoms with E-state index in [1.54, 1.807) is 35.1 Å². The average Bonchev–Trinajstić information content (AvgIpc) is 3.22. The number of aromatic nitrogens is 3. The molecule has 0 aliphatic rings. The highest BCUT2D eigenvalue weighted by Crippen LogP contribution is 2.21. The van der Waals surface area contributed by atoms with Crippen LogP contribution in [0.1, 0.15) is 24.1 Å². The van der Waals surface area contributed by atoms with Gasteiger partial charge in [0, 0.05) is 23.2 Å².